The van der Waals surface area contributed by atoms with Crippen LogP contribution in [0, 0.1) is 5.92 Å². The van der Waals surface area contributed by atoms with E-state index in [0.717, 1.165) is 12.8 Å². The Morgan fingerprint density at radius 2 is 1.86 bits per heavy atom. The number of ether oxygens (including phenoxy) is 1. The maximum Gasteiger partial charge on any atom is 0.323 e. The van der Waals surface area contributed by atoms with Gasteiger partial charge in [0.1, 0.15) is 23.0 Å². The largest absolute Gasteiger partial charge is 0.460 e. The summed E-state index contributed by atoms with van der Waals surface area (Å²) in [5, 5.41) is 0.537. The first-order valence-corrected chi connectivity index (χ1v) is 7.38. The molecular formula is C14H21Cl3N2O2. The Balaban J connectivity index is 0.00000400. The smallest absolute Gasteiger partial charge is 0.323 e. The number of halogens is 3. The van der Waals surface area contributed by atoms with Gasteiger partial charge in [0, 0.05) is 0 Å². The zero-order chi connectivity index (χ0) is 15.1. The summed E-state index contributed by atoms with van der Waals surface area (Å²) in [4.78, 5) is 15.6. The second-order valence-corrected chi connectivity index (χ2v) is 5.93. The van der Waals surface area contributed by atoms with E-state index in [1.54, 1.807) is 12.1 Å². The summed E-state index contributed by atoms with van der Waals surface area (Å²) >= 11 is 11.5. The van der Waals surface area contributed by atoms with E-state index in [1.807, 2.05) is 0 Å². The van der Waals surface area contributed by atoms with Gasteiger partial charge in [-0.05, 0) is 30.0 Å². The first-order valence-electron chi connectivity index (χ1n) is 6.62. The molecule has 21 heavy (non-hydrogen) atoms. The predicted octanol–water partition coefficient (Wildman–Crippen LogP) is 4.01. The lowest BCUT2D eigenvalue weighted by Crippen LogP contribution is -2.32. The highest BCUT2D eigenvalue weighted by Crippen LogP contribution is 2.16. The minimum absolute atomic E-state index is 0. The lowest BCUT2D eigenvalue weighted by Gasteiger charge is -2.12. The Morgan fingerprint density at radius 1 is 1.29 bits per heavy atom. The Kier molecular flexibility index (Phi) is 9.95. The molecule has 0 aliphatic carbocycles. The van der Waals surface area contributed by atoms with E-state index in [4.69, 9.17) is 33.7 Å². The van der Waals surface area contributed by atoms with Crippen LogP contribution >= 0.6 is 35.6 Å². The molecule has 4 nitrogen and oxygen atoms in total. The summed E-state index contributed by atoms with van der Waals surface area (Å²) in [6, 6.07) is 2.62. The number of pyridine rings is 1. The number of carbonyl (C=O) groups is 1. The molecule has 0 radical (unpaired) electrons. The lowest BCUT2D eigenvalue weighted by atomic mass is 10.0. The highest BCUT2D eigenvalue weighted by Gasteiger charge is 2.15. The third-order valence-electron chi connectivity index (χ3n) is 2.80. The van der Waals surface area contributed by atoms with Crippen LogP contribution in [0.2, 0.25) is 10.3 Å². The van der Waals surface area contributed by atoms with Crippen molar-refractivity contribution in [1.82, 2.24) is 4.98 Å². The van der Waals surface area contributed by atoms with Crippen molar-refractivity contribution in [2.45, 2.75) is 45.8 Å². The Labute approximate surface area is 141 Å². The summed E-state index contributed by atoms with van der Waals surface area (Å²) in [7, 11) is 0. The monoisotopic (exact) mass is 354 g/mol. The summed E-state index contributed by atoms with van der Waals surface area (Å²) < 4.78 is 5.15. The van der Waals surface area contributed by atoms with Crippen LogP contribution in [0.3, 0.4) is 0 Å². The summed E-state index contributed by atoms with van der Waals surface area (Å²) in [5.41, 5.74) is 6.48. The van der Waals surface area contributed by atoms with Crippen LogP contribution in [0.4, 0.5) is 0 Å². The van der Waals surface area contributed by atoms with E-state index in [0.29, 0.717) is 17.9 Å². The van der Waals surface area contributed by atoms with Crippen LogP contribution in [0.1, 0.15) is 38.7 Å². The van der Waals surface area contributed by atoms with Crippen molar-refractivity contribution in [3.8, 4) is 0 Å². The van der Waals surface area contributed by atoms with Crippen LogP contribution in [0.25, 0.3) is 0 Å². The normalized spacial score (nSPS) is 11.9. The molecule has 1 rings (SSSR count). The molecule has 0 aliphatic heterocycles. The van der Waals surface area contributed by atoms with Gasteiger partial charge >= 0.3 is 5.97 Å². The summed E-state index contributed by atoms with van der Waals surface area (Å²) in [6.07, 6.45) is 2.60. The van der Waals surface area contributed by atoms with E-state index >= 15 is 0 Å². The van der Waals surface area contributed by atoms with Crippen LogP contribution in [0.5, 0.6) is 0 Å². The fourth-order valence-corrected chi connectivity index (χ4v) is 2.23. The Bertz CT molecular complexity index is 436. The summed E-state index contributed by atoms with van der Waals surface area (Å²) in [5.74, 6) is 0.206. The summed E-state index contributed by atoms with van der Waals surface area (Å²) in [6.45, 7) is 4.38. The second-order valence-electron chi connectivity index (χ2n) is 5.16. The van der Waals surface area contributed by atoms with E-state index in [1.165, 1.54) is 0 Å². The molecule has 7 heteroatoms. The molecular weight excluding hydrogens is 335 g/mol. The fourth-order valence-electron chi connectivity index (χ4n) is 1.72. The van der Waals surface area contributed by atoms with Crippen LogP contribution < -0.4 is 5.73 Å². The van der Waals surface area contributed by atoms with Crippen molar-refractivity contribution in [3.05, 3.63) is 28.0 Å². The van der Waals surface area contributed by atoms with Gasteiger partial charge in [0.05, 0.1) is 0 Å². The Hall–Kier alpha value is -0.550. The highest BCUT2D eigenvalue weighted by atomic mass is 35.5. The molecule has 0 spiro atoms. The molecule has 1 atom stereocenters. The zero-order valence-corrected chi connectivity index (χ0v) is 14.5. The van der Waals surface area contributed by atoms with E-state index in [9.17, 15) is 4.79 Å². The van der Waals surface area contributed by atoms with E-state index in [2.05, 4.69) is 18.8 Å². The fraction of sp³-hybridized carbons (Fsp3) is 0.571. The van der Waals surface area contributed by atoms with Gasteiger partial charge in [-0.3, -0.25) is 4.79 Å². The number of rotatable bonds is 7. The average molecular weight is 356 g/mol. The van der Waals surface area contributed by atoms with Crippen molar-refractivity contribution in [3.63, 3.8) is 0 Å². The standard InChI is InChI=1S/C14H20Cl2N2O2.ClH/c1-9(2)4-3-5-11(17)14(19)20-8-10-6-12(15)18-13(16)7-10;/h6-7,9,11H,3-5,8,17H2,1-2H3;1H/t11-;/m0./s1. The van der Waals surface area contributed by atoms with Gasteiger partial charge in [0.15, 0.2) is 0 Å². The van der Waals surface area contributed by atoms with Crippen molar-refractivity contribution >= 4 is 41.6 Å². The number of hydrogen-bond donors (Lipinski definition) is 1. The third kappa shape index (κ3) is 8.47. The second kappa shape index (κ2) is 10.2. The number of nitrogens with zero attached hydrogens (tertiary/aromatic N) is 1. The lowest BCUT2D eigenvalue weighted by molar-refractivity contribution is -0.146. The van der Waals surface area contributed by atoms with Gasteiger partial charge in [-0.1, -0.05) is 49.9 Å². The van der Waals surface area contributed by atoms with Gasteiger partial charge < -0.3 is 10.5 Å². The number of esters is 1. The first kappa shape index (κ1) is 20.5. The number of aromatic nitrogens is 1. The highest BCUT2D eigenvalue weighted by molar-refractivity contribution is 6.32. The van der Waals surface area contributed by atoms with E-state index in [-0.39, 0.29) is 29.3 Å². The van der Waals surface area contributed by atoms with Crippen LogP contribution in [0.15, 0.2) is 12.1 Å². The molecule has 0 saturated heterocycles. The van der Waals surface area contributed by atoms with Crippen LogP contribution in [-0.2, 0) is 16.1 Å². The Morgan fingerprint density at radius 3 is 2.38 bits per heavy atom. The number of carbonyl (C=O) groups excluding carboxylic acids is 1. The molecule has 0 unspecified atom stereocenters. The maximum absolute atomic E-state index is 11.7. The molecule has 0 saturated carbocycles. The molecule has 1 heterocycles. The maximum atomic E-state index is 11.7. The number of hydrogen-bond acceptors (Lipinski definition) is 4. The van der Waals surface area contributed by atoms with Gasteiger partial charge in [-0.25, -0.2) is 4.98 Å². The van der Waals surface area contributed by atoms with E-state index < -0.39 is 12.0 Å². The van der Waals surface area contributed by atoms with Crippen molar-refractivity contribution in [2.24, 2.45) is 11.7 Å². The van der Waals surface area contributed by atoms with Crippen molar-refractivity contribution in [1.29, 1.82) is 0 Å². The van der Waals surface area contributed by atoms with Gasteiger partial charge in [-0.15, -0.1) is 12.4 Å². The minimum atomic E-state index is -0.582. The van der Waals surface area contributed by atoms with Crippen molar-refractivity contribution < 1.29 is 9.53 Å². The predicted molar refractivity (Wildman–Crippen MR) is 88.0 cm³/mol. The first-order chi connectivity index (χ1) is 9.38. The third-order valence-corrected chi connectivity index (χ3v) is 3.19. The molecule has 0 amide bonds. The molecule has 0 fully saturated rings. The molecule has 0 bridgehead atoms. The van der Waals surface area contributed by atoms with Gasteiger partial charge in [-0.2, -0.15) is 0 Å². The topological polar surface area (TPSA) is 65.2 Å². The van der Waals surface area contributed by atoms with Gasteiger partial charge in [0.25, 0.3) is 0 Å². The molecule has 1 aromatic heterocycles. The SMILES string of the molecule is CC(C)CCC[C@H](N)C(=O)OCc1cc(Cl)nc(Cl)c1.Cl. The quantitative estimate of drug-likeness (QED) is 0.593. The molecule has 0 aliphatic rings. The molecule has 0 aromatic carbocycles. The van der Waals surface area contributed by atoms with Gasteiger partial charge in [0.2, 0.25) is 0 Å². The van der Waals surface area contributed by atoms with Crippen LogP contribution in [-0.4, -0.2) is 17.0 Å². The zero-order valence-electron chi connectivity index (χ0n) is 12.1. The number of nitrogens with two attached hydrogens (primary N) is 1. The molecule has 2 N–H and O–H groups in total. The minimum Gasteiger partial charge on any atom is -0.460 e. The van der Waals surface area contributed by atoms with Crippen molar-refractivity contribution in [2.75, 3.05) is 0 Å². The average Bonchev–Trinajstić information content (AvgIpc) is 2.34. The molecule has 120 valence electrons. The molecule has 1 aromatic rings.